The van der Waals surface area contributed by atoms with Crippen molar-refractivity contribution < 1.29 is 14.3 Å². The first-order valence-electron chi connectivity index (χ1n) is 6.28. The van der Waals surface area contributed by atoms with Crippen LogP contribution in [0.25, 0.3) is 0 Å². The van der Waals surface area contributed by atoms with Crippen molar-refractivity contribution in [2.75, 3.05) is 13.7 Å². The van der Waals surface area contributed by atoms with Crippen molar-refractivity contribution in [3.8, 4) is 5.75 Å². The van der Waals surface area contributed by atoms with Gasteiger partial charge in [-0.05, 0) is 42.9 Å². The first kappa shape index (κ1) is 12.9. The Hall–Kier alpha value is -1.55. The molecule has 18 heavy (non-hydrogen) atoms. The number of hydrogen-bond donors (Lipinski definition) is 1. The molecule has 4 heteroatoms. The summed E-state index contributed by atoms with van der Waals surface area (Å²) in [7, 11) is 1.36. The van der Waals surface area contributed by atoms with Gasteiger partial charge in [0.2, 0.25) is 0 Å². The molecule has 1 aromatic carbocycles. The van der Waals surface area contributed by atoms with Crippen LogP contribution in [0.5, 0.6) is 5.75 Å². The summed E-state index contributed by atoms with van der Waals surface area (Å²) in [5.74, 6) is 0.638. The smallest absolute Gasteiger partial charge is 0.322 e. The molecule has 1 atom stereocenters. The lowest BCUT2D eigenvalue weighted by Crippen LogP contribution is -2.31. The lowest BCUT2D eigenvalue weighted by Gasteiger charge is -2.18. The Morgan fingerprint density at radius 1 is 1.56 bits per heavy atom. The lowest BCUT2D eigenvalue weighted by molar-refractivity contribution is -0.142. The van der Waals surface area contributed by atoms with E-state index in [1.54, 1.807) is 0 Å². The Balaban J connectivity index is 1.96. The highest BCUT2D eigenvalue weighted by atomic mass is 16.5. The van der Waals surface area contributed by atoms with Crippen LogP contribution in [0.15, 0.2) is 18.2 Å². The second-order valence-electron chi connectivity index (χ2n) is 4.56. The van der Waals surface area contributed by atoms with E-state index >= 15 is 0 Å². The molecular formula is C14H19NO3. The van der Waals surface area contributed by atoms with Crippen molar-refractivity contribution in [1.29, 1.82) is 0 Å². The number of rotatable bonds is 4. The maximum atomic E-state index is 11.2. The maximum Gasteiger partial charge on any atom is 0.322 e. The minimum Gasteiger partial charge on any atom is -0.493 e. The van der Waals surface area contributed by atoms with Gasteiger partial charge in [0.05, 0.1) is 13.7 Å². The highest BCUT2D eigenvalue weighted by Gasteiger charge is 2.14. The zero-order chi connectivity index (χ0) is 13.0. The van der Waals surface area contributed by atoms with Crippen molar-refractivity contribution in [2.45, 2.75) is 31.7 Å². The third kappa shape index (κ3) is 3.01. The molecule has 1 aliphatic rings. The Kier molecular flexibility index (Phi) is 4.20. The van der Waals surface area contributed by atoms with Gasteiger partial charge in [-0.1, -0.05) is 12.1 Å². The summed E-state index contributed by atoms with van der Waals surface area (Å²) in [5, 5.41) is 0. The zero-order valence-corrected chi connectivity index (χ0v) is 10.6. The standard InChI is InChI=1S/C14H19NO3/c1-17-14(16)12(15)6-4-10-5-7-13-11(9-10)3-2-8-18-13/h5,7,9,12H,2-4,6,8,15H2,1H3. The molecule has 2 rings (SSSR count). The molecule has 1 unspecified atom stereocenters. The monoisotopic (exact) mass is 249 g/mol. The summed E-state index contributed by atoms with van der Waals surface area (Å²) >= 11 is 0. The fourth-order valence-electron chi connectivity index (χ4n) is 2.16. The summed E-state index contributed by atoms with van der Waals surface area (Å²) < 4.78 is 10.2. The van der Waals surface area contributed by atoms with Gasteiger partial charge in [-0.2, -0.15) is 0 Å². The predicted octanol–water partition coefficient (Wildman–Crippen LogP) is 1.44. The highest BCUT2D eigenvalue weighted by Crippen LogP contribution is 2.26. The van der Waals surface area contributed by atoms with Crippen LogP contribution in [-0.2, 0) is 22.4 Å². The first-order valence-corrected chi connectivity index (χ1v) is 6.28. The Labute approximate surface area is 107 Å². The molecule has 0 spiro atoms. The molecule has 0 saturated heterocycles. The Morgan fingerprint density at radius 3 is 3.17 bits per heavy atom. The minimum atomic E-state index is -0.540. The van der Waals surface area contributed by atoms with Crippen molar-refractivity contribution >= 4 is 5.97 Å². The van der Waals surface area contributed by atoms with Crippen molar-refractivity contribution in [3.63, 3.8) is 0 Å². The number of aryl methyl sites for hydroxylation is 2. The third-order valence-corrected chi connectivity index (χ3v) is 3.22. The number of fused-ring (bicyclic) bond motifs is 1. The second-order valence-corrected chi connectivity index (χ2v) is 4.56. The van der Waals surface area contributed by atoms with E-state index in [-0.39, 0.29) is 5.97 Å². The average molecular weight is 249 g/mol. The van der Waals surface area contributed by atoms with Crippen LogP contribution >= 0.6 is 0 Å². The van der Waals surface area contributed by atoms with Crippen LogP contribution in [0, 0.1) is 0 Å². The molecule has 0 aliphatic carbocycles. The van der Waals surface area contributed by atoms with E-state index in [1.807, 2.05) is 12.1 Å². The number of carbonyl (C=O) groups is 1. The van der Waals surface area contributed by atoms with Crippen LogP contribution in [0.2, 0.25) is 0 Å². The Morgan fingerprint density at radius 2 is 2.39 bits per heavy atom. The van der Waals surface area contributed by atoms with Crippen molar-refractivity contribution in [1.82, 2.24) is 0 Å². The van der Waals surface area contributed by atoms with Gasteiger partial charge in [0, 0.05) is 0 Å². The molecule has 0 aromatic heterocycles. The van der Waals surface area contributed by atoms with Gasteiger partial charge in [-0.15, -0.1) is 0 Å². The van der Waals surface area contributed by atoms with Gasteiger partial charge in [0.25, 0.3) is 0 Å². The summed E-state index contributed by atoms with van der Waals surface area (Å²) in [6, 6.07) is 5.66. The van der Waals surface area contributed by atoms with Crippen LogP contribution < -0.4 is 10.5 Å². The average Bonchev–Trinajstić information content (AvgIpc) is 2.43. The van der Waals surface area contributed by atoms with Gasteiger partial charge in [-0.25, -0.2) is 0 Å². The molecule has 0 radical (unpaired) electrons. The van der Waals surface area contributed by atoms with Crippen LogP contribution in [0.4, 0.5) is 0 Å². The van der Waals surface area contributed by atoms with Crippen molar-refractivity contribution in [3.05, 3.63) is 29.3 Å². The second kappa shape index (κ2) is 5.87. The summed E-state index contributed by atoms with van der Waals surface area (Å²) in [5.41, 5.74) is 8.16. The number of ether oxygens (including phenoxy) is 2. The number of esters is 1. The molecule has 98 valence electrons. The lowest BCUT2D eigenvalue weighted by atomic mass is 9.99. The number of hydrogen-bond acceptors (Lipinski definition) is 4. The van der Waals surface area contributed by atoms with Crippen LogP contribution in [-0.4, -0.2) is 25.7 Å². The van der Waals surface area contributed by atoms with E-state index in [2.05, 4.69) is 10.8 Å². The van der Waals surface area contributed by atoms with Gasteiger partial charge >= 0.3 is 5.97 Å². The van der Waals surface area contributed by atoms with E-state index in [0.717, 1.165) is 31.6 Å². The summed E-state index contributed by atoms with van der Waals surface area (Å²) in [6.45, 7) is 0.805. The fraction of sp³-hybridized carbons (Fsp3) is 0.500. The van der Waals surface area contributed by atoms with Gasteiger partial charge in [-0.3, -0.25) is 4.79 Å². The quantitative estimate of drug-likeness (QED) is 0.820. The molecular weight excluding hydrogens is 230 g/mol. The van der Waals surface area contributed by atoms with Gasteiger partial charge in [0.1, 0.15) is 11.8 Å². The first-order chi connectivity index (χ1) is 8.70. The molecule has 0 amide bonds. The van der Waals surface area contributed by atoms with E-state index < -0.39 is 6.04 Å². The normalized spacial score (nSPS) is 15.4. The molecule has 0 fully saturated rings. The topological polar surface area (TPSA) is 61.5 Å². The van der Waals surface area contributed by atoms with Crippen molar-refractivity contribution in [2.24, 2.45) is 5.73 Å². The van der Waals surface area contributed by atoms with E-state index in [0.29, 0.717) is 6.42 Å². The highest BCUT2D eigenvalue weighted by molar-refractivity contribution is 5.75. The van der Waals surface area contributed by atoms with E-state index in [9.17, 15) is 4.79 Å². The van der Waals surface area contributed by atoms with Gasteiger partial charge < -0.3 is 15.2 Å². The molecule has 1 heterocycles. The summed E-state index contributed by atoms with van der Waals surface area (Å²) in [6.07, 6.45) is 3.51. The van der Waals surface area contributed by atoms with Crippen LogP contribution in [0.1, 0.15) is 24.0 Å². The summed E-state index contributed by atoms with van der Waals surface area (Å²) in [4.78, 5) is 11.2. The van der Waals surface area contributed by atoms with Crippen LogP contribution in [0.3, 0.4) is 0 Å². The molecule has 0 saturated carbocycles. The number of methoxy groups -OCH3 is 1. The molecule has 1 aromatic rings. The molecule has 2 N–H and O–H groups in total. The number of benzene rings is 1. The zero-order valence-electron chi connectivity index (χ0n) is 10.6. The largest absolute Gasteiger partial charge is 0.493 e. The molecule has 0 bridgehead atoms. The molecule has 4 nitrogen and oxygen atoms in total. The minimum absolute atomic E-state index is 0.351. The number of nitrogens with two attached hydrogens (primary N) is 1. The Bertz CT molecular complexity index is 431. The number of carbonyl (C=O) groups excluding carboxylic acids is 1. The fourth-order valence-corrected chi connectivity index (χ4v) is 2.16. The SMILES string of the molecule is COC(=O)C(N)CCc1ccc2c(c1)CCCO2. The maximum absolute atomic E-state index is 11.2. The third-order valence-electron chi connectivity index (χ3n) is 3.22. The molecule has 1 aliphatic heterocycles. The van der Waals surface area contributed by atoms with E-state index in [4.69, 9.17) is 10.5 Å². The van der Waals surface area contributed by atoms with Gasteiger partial charge in [0.15, 0.2) is 0 Å². The predicted molar refractivity (Wildman–Crippen MR) is 68.6 cm³/mol. The van der Waals surface area contributed by atoms with E-state index in [1.165, 1.54) is 18.2 Å².